The lowest BCUT2D eigenvalue weighted by molar-refractivity contribution is -0.121. The number of nitrogens with one attached hydrogen (secondary N) is 1. The molecule has 0 spiro atoms. The van der Waals surface area contributed by atoms with Gasteiger partial charge in [-0.15, -0.1) is 0 Å². The number of halogens is 1. The lowest BCUT2D eigenvalue weighted by Gasteiger charge is -2.17. The Bertz CT molecular complexity index is 761. The van der Waals surface area contributed by atoms with Crippen LogP contribution in [0, 0.1) is 0 Å². The number of carbonyl (C=O) groups is 2. The first-order valence-electron chi connectivity index (χ1n) is 7.71. The number of nitrogens with zero attached hydrogens (tertiary/aromatic N) is 1. The average molecular weight is 389 g/mol. The Labute approximate surface area is 148 Å². The predicted molar refractivity (Wildman–Crippen MR) is 96.3 cm³/mol. The molecular weight excluding hydrogens is 372 g/mol. The largest absolute Gasteiger partial charge is 0.494 e. The molecule has 0 radical (unpaired) electrons. The van der Waals surface area contributed by atoms with Gasteiger partial charge in [0.05, 0.1) is 18.7 Å². The van der Waals surface area contributed by atoms with Crippen LogP contribution in [-0.2, 0) is 9.59 Å². The summed E-state index contributed by atoms with van der Waals surface area (Å²) in [6.07, 6.45) is 0.132. The van der Waals surface area contributed by atoms with E-state index >= 15 is 0 Å². The molecule has 0 saturated carbocycles. The van der Waals surface area contributed by atoms with Crippen LogP contribution in [-0.4, -0.2) is 24.5 Å². The Morgan fingerprint density at radius 2 is 1.88 bits per heavy atom. The van der Waals surface area contributed by atoms with E-state index in [1.54, 1.807) is 12.1 Å². The Hall–Kier alpha value is -2.34. The van der Waals surface area contributed by atoms with E-state index in [0.29, 0.717) is 16.8 Å². The minimum absolute atomic E-state index is 0.132. The first-order chi connectivity index (χ1) is 11.6. The van der Waals surface area contributed by atoms with Crippen molar-refractivity contribution >= 4 is 39.1 Å². The fourth-order valence-corrected chi connectivity index (χ4v) is 3.11. The van der Waals surface area contributed by atoms with Gasteiger partial charge in [0.15, 0.2) is 0 Å². The normalized spacial score (nSPS) is 17.2. The third-order valence-corrected chi connectivity index (χ3v) is 4.42. The summed E-state index contributed by atoms with van der Waals surface area (Å²) >= 11 is 3.39. The molecule has 6 heteroatoms. The van der Waals surface area contributed by atoms with Crippen LogP contribution < -0.4 is 15.0 Å². The van der Waals surface area contributed by atoms with Gasteiger partial charge in [-0.05, 0) is 59.3 Å². The number of hydrogen-bond donors (Lipinski definition) is 1. The van der Waals surface area contributed by atoms with Crippen LogP contribution in [0.4, 0.5) is 11.4 Å². The zero-order valence-electron chi connectivity index (χ0n) is 13.2. The molecule has 3 rings (SSSR count). The first-order valence-corrected chi connectivity index (χ1v) is 8.50. The molecule has 2 amide bonds. The highest BCUT2D eigenvalue weighted by atomic mass is 79.9. The van der Waals surface area contributed by atoms with E-state index in [1.807, 2.05) is 43.3 Å². The number of imide groups is 1. The SMILES string of the molecule is CCOc1ccc(N[C@@H]2CC(=O)N(c3ccccc3Br)C2=O)cc1. The Balaban J connectivity index is 1.75. The molecule has 1 fully saturated rings. The minimum atomic E-state index is -0.567. The minimum Gasteiger partial charge on any atom is -0.494 e. The maximum absolute atomic E-state index is 12.6. The molecule has 0 aliphatic carbocycles. The number of ether oxygens (including phenoxy) is 1. The number of rotatable bonds is 5. The van der Waals surface area contributed by atoms with Gasteiger partial charge >= 0.3 is 0 Å². The molecule has 1 saturated heterocycles. The number of para-hydroxylation sites is 1. The van der Waals surface area contributed by atoms with E-state index in [2.05, 4.69) is 21.2 Å². The summed E-state index contributed by atoms with van der Waals surface area (Å²) in [7, 11) is 0. The van der Waals surface area contributed by atoms with Crippen LogP contribution in [0.2, 0.25) is 0 Å². The zero-order chi connectivity index (χ0) is 17.1. The van der Waals surface area contributed by atoms with Crippen LogP contribution in [0.5, 0.6) is 5.75 Å². The predicted octanol–water partition coefficient (Wildman–Crippen LogP) is 3.59. The molecule has 5 nitrogen and oxygen atoms in total. The third-order valence-electron chi connectivity index (χ3n) is 3.75. The average Bonchev–Trinajstić information content (AvgIpc) is 2.84. The van der Waals surface area contributed by atoms with E-state index < -0.39 is 6.04 Å². The molecule has 2 aromatic rings. The maximum Gasteiger partial charge on any atom is 0.256 e. The summed E-state index contributed by atoms with van der Waals surface area (Å²) < 4.78 is 6.11. The second-order valence-electron chi connectivity index (χ2n) is 5.38. The molecule has 24 heavy (non-hydrogen) atoms. The number of anilines is 2. The highest BCUT2D eigenvalue weighted by Gasteiger charge is 2.40. The van der Waals surface area contributed by atoms with E-state index in [9.17, 15) is 9.59 Å². The van der Waals surface area contributed by atoms with Crippen molar-refractivity contribution < 1.29 is 14.3 Å². The standard InChI is InChI=1S/C18H17BrN2O3/c1-2-24-13-9-7-12(8-10-13)20-15-11-17(22)21(18(15)23)16-6-4-3-5-14(16)19/h3-10,15,20H,2,11H2,1H3/t15-/m1/s1. The Kier molecular flexibility index (Phi) is 4.85. The first kappa shape index (κ1) is 16.5. The number of carbonyl (C=O) groups excluding carboxylic acids is 2. The zero-order valence-corrected chi connectivity index (χ0v) is 14.7. The highest BCUT2D eigenvalue weighted by Crippen LogP contribution is 2.31. The lowest BCUT2D eigenvalue weighted by Crippen LogP contribution is -2.35. The summed E-state index contributed by atoms with van der Waals surface area (Å²) in [5, 5.41) is 3.13. The van der Waals surface area contributed by atoms with Gasteiger partial charge in [-0.2, -0.15) is 0 Å². The molecule has 0 bridgehead atoms. The fourth-order valence-electron chi connectivity index (χ4n) is 2.65. The van der Waals surface area contributed by atoms with Gasteiger partial charge < -0.3 is 10.1 Å². The molecular formula is C18H17BrN2O3. The van der Waals surface area contributed by atoms with Crippen LogP contribution in [0.3, 0.4) is 0 Å². The van der Waals surface area contributed by atoms with Gasteiger partial charge in [0.1, 0.15) is 11.8 Å². The number of benzene rings is 2. The molecule has 2 aromatic carbocycles. The molecule has 0 aromatic heterocycles. The Morgan fingerprint density at radius 1 is 1.17 bits per heavy atom. The van der Waals surface area contributed by atoms with Crippen molar-refractivity contribution in [3.8, 4) is 5.75 Å². The summed E-state index contributed by atoms with van der Waals surface area (Å²) in [5.41, 5.74) is 1.35. The second kappa shape index (κ2) is 7.05. The van der Waals surface area contributed by atoms with Crippen LogP contribution in [0.25, 0.3) is 0 Å². The van der Waals surface area contributed by atoms with E-state index in [1.165, 1.54) is 4.90 Å². The summed E-state index contributed by atoms with van der Waals surface area (Å²) in [6.45, 7) is 2.52. The van der Waals surface area contributed by atoms with Crippen molar-refractivity contribution in [2.45, 2.75) is 19.4 Å². The molecule has 1 N–H and O–H groups in total. The highest BCUT2D eigenvalue weighted by molar-refractivity contribution is 9.10. The van der Waals surface area contributed by atoms with E-state index in [4.69, 9.17) is 4.74 Å². The van der Waals surface area contributed by atoms with Gasteiger partial charge in [0, 0.05) is 10.2 Å². The van der Waals surface area contributed by atoms with Crippen molar-refractivity contribution in [1.29, 1.82) is 0 Å². The Morgan fingerprint density at radius 3 is 2.54 bits per heavy atom. The quantitative estimate of drug-likeness (QED) is 0.795. The van der Waals surface area contributed by atoms with Crippen molar-refractivity contribution in [2.75, 3.05) is 16.8 Å². The summed E-state index contributed by atoms with van der Waals surface area (Å²) in [6, 6.07) is 14.0. The smallest absolute Gasteiger partial charge is 0.256 e. The van der Waals surface area contributed by atoms with Gasteiger partial charge in [0.2, 0.25) is 5.91 Å². The summed E-state index contributed by atoms with van der Waals surface area (Å²) in [4.78, 5) is 26.2. The van der Waals surface area contributed by atoms with Gasteiger partial charge in [-0.1, -0.05) is 12.1 Å². The van der Waals surface area contributed by atoms with Crippen molar-refractivity contribution in [2.24, 2.45) is 0 Å². The number of amides is 2. The van der Waals surface area contributed by atoms with Gasteiger partial charge in [0.25, 0.3) is 5.91 Å². The van der Waals surface area contributed by atoms with Gasteiger partial charge in [-0.25, -0.2) is 4.90 Å². The fraction of sp³-hybridized carbons (Fsp3) is 0.222. The van der Waals surface area contributed by atoms with Crippen LogP contribution >= 0.6 is 15.9 Å². The van der Waals surface area contributed by atoms with E-state index in [-0.39, 0.29) is 18.2 Å². The monoisotopic (exact) mass is 388 g/mol. The van der Waals surface area contributed by atoms with Crippen molar-refractivity contribution in [3.63, 3.8) is 0 Å². The van der Waals surface area contributed by atoms with Crippen LogP contribution in [0.15, 0.2) is 53.0 Å². The lowest BCUT2D eigenvalue weighted by atomic mass is 10.2. The van der Waals surface area contributed by atoms with Crippen molar-refractivity contribution in [1.82, 2.24) is 0 Å². The molecule has 0 unspecified atom stereocenters. The third kappa shape index (κ3) is 3.28. The number of hydrogen-bond acceptors (Lipinski definition) is 4. The van der Waals surface area contributed by atoms with Gasteiger partial charge in [-0.3, -0.25) is 9.59 Å². The van der Waals surface area contributed by atoms with Crippen molar-refractivity contribution in [3.05, 3.63) is 53.0 Å². The van der Waals surface area contributed by atoms with Crippen LogP contribution in [0.1, 0.15) is 13.3 Å². The molecule has 1 atom stereocenters. The van der Waals surface area contributed by atoms with E-state index in [0.717, 1.165) is 11.4 Å². The second-order valence-corrected chi connectivity index (χ2v) is 6.23. The molecule has 1 aliphatic heterocycles. The maximum atomic E-state index is 12.6. The molecule has 1 aliphatic rings. The topological polar surface area (TPSA) is 58.6 Å². The molecule has 124 valence electrons. The molecule has 1 heterocycles. The summed E-state index contributed by atoms with van der Waals surface area (Å²) in [5.74, 6) is 0.308.